The summed E-state index contributed by atoms with van der Waals surface area (Å²) in [4.78, 5) is 17.6. The Bertz CT molecular complexity index is 748. The van der Waals surface area contributed by atoms with E-state index in [1.807, 2.05) is 51.4 Å². The lowest BCUT2D eigenvalue weighted by Crippen LogP contribution is -2.28. The van der Waals surface area contributed by atoms with Crippen molar-refractivity contribution in [2.45, 2.75) is 26.4 Å². The molecule has 1 aromatic carbocycles. The quantitative estimate of drug-likeness (QED) is 0.944. The summed E-state index contributed by atoms with van der Waals surface area (Å²) in [6.07, 6.45) is 1.73. The molecule has 0 radical (unpaired) electrons. The zero-order valence-corrected chi connectivity index (χ0v) is 12.8. The van der Waals surface area contributed by atoms with E-state index in [0.29, 0.717) is 6.42 Å². The monoisotopic (exact) mass is 298 g/mol. The molecule has 0 saturated heterocycles. The van der Waals surface area contributed by atoms with Crippen LogP contribution in [0.4, 0.5) is 5.69 Å². The van der Waals surface area contributed by atoms with Crippen molar-refractivity contribution in [2.24, 2.45) is 12.2 Å². The number of rotatable bonds is 3. The number of oxime groups is 1. The highest BCUT2D eigenvalue weighted by atomic mass is 16.6. The highest BCUT2D eigenvalue weighted by molar-refractivity contribution is 6.06. The van der Waals surface area contributed by atoms with Crippen LogP contribution in [0.5, 0.6) is 0 Å². The van der Waals surface area contributed by atoms with Gasteiger partial charge in [0.05, 0.1) is 11.4 Å². The van der Waals surface area contributed by atoms with Crippen LogP contribution in [0.25, 0.3) is 0 Å². The van der Waals surface area contributed by atoms with E-state index < -0.39 is 6.10 Å². The second-order valence-electron chi connectivity index (χ2n) is 5.50. The lowest BCUT2D eigenvalue weighted by atomic mass is 10.1. The normalized spacial score (nSPS) is 17.0. The molecule has 0 spiro atoms. The summed E-state index contributed by atoms with van der Waals surface area (Å²) in [5.74, 6) is -0.189. The molecular weight excluding hydrogens is 280 g/mol. The highest BCUT2D eigenvalue weighted by Gasteiger charge is 2.30. The minimum atomic E-state index is -0.602. The number of hydrogen-bond donors (Lipinski definition) is 1. The molecule has 0 aliphatic carbocycles. The summed E-state index contributed by atoms with van der Waals surface area (Å²) in [5.41, 5.74) is 4.42. The van der Waals surface area contributed by atoms with Crippen LogP contribution in [0.3, 0.4) is 0 Å². The maximum atomic E-state index is 12.3. The molecule has 0 bridgehead atoms. The van der Waals surface area contributed by atoms with E-state index in [0.717, 1.165) is 28.2 Å². The van der Waals surface area contributed by atoms with Crippen molar-refractivity contribution in [1.29, 1.82) is 0 Å². The zero-order valence-electron chi connectivity index (χ0n) is 12.8. The zero-order chi connectivity index (χ0) is 15.7. The van der Waals surface area contributed by atoms with Crippen LogP contribution < -0.4 is 5.32 Å². The first-order valence-electron chi connectivity index (χ1n) is 7.14. The van der Waals surface area contributed by atoms with Crippen LogP contribution in [0.1, 0.15) is 23.2 Å². The van der Waals surface area contributed by atoms with Crippen molar-refractivity contribution in [3.8, 4) is 0 Å². The van der Waals surface area contributed by atoms with Crippen LogP contribution in [0, 0.1) is 13.8 Å². The molecule has 22 heavy (non-hydrogen) atoms. The minimum Gasteiger partial charge on any atom is -0.382 e. The molecule has 0 fully saturated rings. The summed E-state index contributed by atoms with van der Waals surface area (Å²) < 4.78 is 1.73. The molecule has 6 heteroatoms. The van der Waals surface area contributed by atoms with E-state index in [1.165, 1.54) is 0 Å². The van der Waals surface area contributed by atoms with Gasteiger partial charge in [-0.25, -0.2) is 0 Å². The Kier molecular flexibility index (Phi) is 3.66. The number of carbonyl (C=O) groups excluding carboxylic acids is 1. The van der Waals surface area contributed by atoms with Gasteiger partial charge in [-0.15, -0.1) is 0 Å². The van der Waals surface area contributed by atoms with Gasteiger partial charge in [0.1, 0.15) is 0 Å². The van der Waals surface area contributed by atoms with E-state index in [4.69, 9.17) is 4.84 Å². The second-order valence-corrected chi connectivity index (χ2v) is 5.50. The number of nitrogens with one attached hydrogen (secondary N) is 1. The van der Waals surface area contributed by atoms with E-state index in [9.17, 15) is 4.79 Å². The Balaban J connectivity index is 1.66. The fourth-order valence-corrected chi connectivity index (χ4v) is 2.51. The van der Waals surface area contributed by atoms with Gasteiger partial charge in [-0.1, -0.05) is 17.3 Å². The van der Waals surface area contributed by atoms with Gasteiger partial charge in [-0.2, -0.15) is 5.10 Å². The highest BCUT2D eigenvalue weighted by Crippen LogP contribution is 2.20. The topological polar surface area (TPSA) is 68.5 Å². The molecule has 1 aromatic heterocycles. The molecule has 2 aromatic rings. The Morgan fingerprint density at radius 3 is 2.91 bits per heavy atom. The second kappa shape index (κ2) is 5.63. The maximum absolute atomic E-state index is 12.3. The Morgan fingerprint density at radius 2 is 2.23 bits per heavy atom. The molecule has 114 valence electrons. The molecule has 1 atom stereocenters. The first kappa shape index (κ1) is 14.3. The average molecular weight is 298 g/mol. The molecular formula is C16H18N4O2. The summed E-state index contributed by atoms with van der Waals surface area (Å²) in [5, 5.41) is 11.2. The van der Waals surface area contributed by atoms with E-state index in [-0.39, 0.29) is 5.91 Å². The van der Waals surface area contributed by atoms with Gasteiger partial charge in [0.25, 0.3) is 5.91 Å². The Hall–Kier alpha value is -2.63. The number of aromatic nitrogens is 2. The standard InChI is InChI=1S/C16H18N4O2/c1-10-5-4-6-12(7-10)17-16(21)15-8-14(19-22-15)13-9-20(3)18-11(13)2/h4-7,9,15H,8H2,1-3H3,(H,17,21). The molecule has 6 nitrogen and oxygen atoms in total. The SMILES string of the molecule is Cc1cccc(NC(=O)C2CC(c3cn(C)nc3C)=NO2)c1. The van der Waals surface area contributed by atoms with Crippen LogP contribution in [-0.4, -0.2) is 27.5 Å². The van der Waals surface area contributed by atoms with Crippen LogP contribution >= 0.6 is 0 Å². The number of hydrogen-bond acceptors (Lipinski definition) is 4. The van der Waals surface area contributed by atoms with Crippen molar-refractivity contribution < 1.29 is 9.63 Å². The van der Waals surface area contributed by atoms with Crippen molar-refractivity contribution in [2.75, 3.05) is 5.32 Å². The summed E-state index contributed by atoms with van der Waals surface area (Å²) in [6.45, 7) is 3.89. The molecule has 1 unspecified atom stereocenters. The van der Waals surface area contributed by atoms with E-state index in [1.54, 1.807) is 4.68 Å². The number of nitrogens with zero attached hydrogens (tertiary/aromatic N) is 3. The molecule has 2 heterocycles. The van der Waals surface area contributed by atoms with Crippen LogP contribution in [-0.2, 0) is 16.7 Å². The largest absolute Gasteiger partial charge is 0.382 e. The van der Waals surface area contributed by atoms with Crippen molar-refractivity contribution in [1.82, 2.24) is 9.78 Å². The van der Waals surface area contributed by atoms with Crippen LogP contribution in [0.2, 0.25) is 0 Å². The van der Waals surface area contributed by atoms with Gasteiger partial charge < -0.3 is 10.2 Å². The van der Waals surface area contributed by atoms with Gasteiger partial charge in [0, 0.05) is 30.9 Å². The van der Waals surface area contributed by atoms with E-state index in [2.05, 4.69) is 15.6 Å². The molecule has 0 saturated carbocycles. The van der Waals surface area contributed by atoms with Crippen molar-refractivity contribution in [3.05, 3.63) is 47.3 Å². The third kappa shape index (κ3) is 2.86. The molecule has 1 aliphatic heterocycles. The van der Waals surface area contributed by atoms with Gasteiger partial charge in [-0.05, 0) is 31.5 Å². The lowest BCUT2D eigenvalue weighted by Gasteiger charge is -2.09. The fraction of sp³-hybridized carbons (Fsp3) is 0.312. The first-order chi connectivity index (χ1) is 10.5. The summed E-state index contributed by atoms with van der Waals surface area (Å²) in [6, 6.07) is 7.66. The Morgan fingerprint density at radius 1 is 1.41 bits per heavy atom. The number of benzene rings is 1. The fourth-order valence-electron chi connectivity index (χ4n) is 2.51. The maximum Gasteiger partial charge on any atom is 0.268 e. The van der Waals surface area contributed by atoms with Crippen LogP contribution in [0.15, 0.2) is 35.6 Å². The van der Waals surface area contributed by atoms with Crippen molar-refractivity contribution >= 4 is 17.3 Å². The average Bonchev–Trinajstić information content (AvgIpc) is 3.05. The van der Waals surface area contributed by atoms with Gasteiger partial charge in [-0.3, -0.25) is 9.48 Å². The first-order valence-corrected chi connectivity index (χ1v) is 7.14. The molecule has 1 amide bonds. The smallest absolute Gasteiger partial charge is 0.268 e. The lowest BCUT2D eigenvalue weighted by molar-refractivity contribution is -0.125. The summed E-state index contributed by atoms with van der Waals surface area (Å²) >= 11 is 0. The summed E-state index contributed by atoms with van der Waals surface area (Å²) in [7, 11) is 1.86. The number of amides is 1. The third-order valence-corrected chi connectivity index (χ3v) is 3.57. The van der Waals surface area contributed by atoms with E-state index >= 15 is 0 Å². The Labute approximate surface area is 128 Å². The van der Waals surface area contributed by atoms with Gasteiger partial charge >= 0.3 is 0 Å². The molecule has 3 rings (SSSR count). The predicted octanol–water partition coefficient (Wildman–Crippen LogP) is 2.17. The molecule has 1 N–H and O–H groups in total. The number of anilines is 1. The van der Waals surface area contributed by atoms with Gasteiger partial charge in [0.15, 0.2) is 0 Å². The predicted molar refractivity (Wildman–Crippen MR) is 83.8 cm³/mol. The number of carbonyl (C=O) groups is 1. The number of aryl methyl sites for hydroxylation is 3. The minimum absolute atomic E-state index is 0.189. The van der Waals surface area contributed by atoms with Gasteiger partial charge in [0.2, 0.25) is 6.10 Å². The molecule has 1 aliphatic rings. The van der Waals surface area contributed by atoms with Crippen molar-refractivity contribution in [3.63, 3.8) is 0 Å². The third-order valence-electron chi connectivity index (χ3n) is 3.57.